The highest BCUT2D eigenvalue weighted by Gasteiger charge is 2.17. The summed E-state index contributed by atoms with van der Waals surface area (Å²) in [5.74, 6) is -0.0871. The number of hydrogen-bond donors (Lipinski definition) is 1. The molecule has 2 heterocycles. The summed E-state index contributed by atoms with van der Waals surface area (Å²) in [6.07, 6.45) is 8.68. The summed E-state index contributed by atoms with van der Waals surface area (Å²) in [5.41, 5.74) is 2.38. The molecular weight excluding hydrogens is 264 g/mol. The lowest BCUT2D eigenvalue weighted by atomic mass is 10.2. The van der Waals surface area contributed by atoms with Gasteiger partial charge in [0, 0.05) is 23.7 Å². The van der Waals surface area contributed by atoms with Crippen LogP contribution in [0.3, 0.4) is 0 Å². The van der Waals surface area contributed by atoms with Crippen molar-refractivity contribution in [3.05, 3.63) is 47.5 Å². The Balaban J connectivity index is 1.58. The molecule has 0 atom stereocenters. The van der Waals surface area contributed by atoms with E-state index in [4.69, 9.17) is 0 Å². The van der Waals surface area contributed by atoms with Gasteiger partial charge >= 0.3 is 0 Å². The first-order valence-corrected chi connectivity index (χ1v) is 7.47. The van der Waals surface area contributed by atoms with Crippen LogP contribution in [0.2, 0.25) is 0 Å². The Kier molecular flexibility index (Phi) is 3.99. The van der Waals surface area contributed by atoms with E-state index in [-0.39, 0.29) is 5.91 Å². The Labute approximate surface area is 124 Å². The van der Waals surface area contributed by atoms with Gasteiger partial charge < -0.3 is 5.32 Å². The van der Waals surface area contributed by atoms with E-state index in [1.54, 1.807) is 18.3 Å². The fourth-order valence-corrected chi connectivity index (χ4v) is 2.80. The molecule has 110 valence electrons. The molecule has 21 heavy (non-hydrogen) atoms. The third-order valence-electron chi connectivity index (χ3n) is 3.95. The first kappa shape index (κ1) is 13.8. The second kappa shape index (κ2) is 6.08. The van der Waals surface area contributed by atoms with Crippen LogP contribution in [0, 0.1) is 6.92 Å². The molecule has 0 saturated heterocycles. The van der Waals surface area contributed by atoms with Crippen LogP contribution in [-0.4, -0.2) is 20.7 Å². The van der Waals surface area contributed by atoms with Gasteiger partial charge in [-0.3, -0.25) is 14.5 Å². The van der Waals surface area contributed by atoms with Crippen molar-refractivity contribution in [1.82, 2.24) is 20.1 Å². The molecule has 3 rings (SSSR count). The average Bonchev–Trinajstić information content (AvgIpc) is 3.15. The fraction of sp³-hybridized carbons (Fsp3) is 0.438. The van der Waals surface area contributed by atoms with Crippen LogP contribution >= 0.6 is 0 Å². The molecule has 0 aromatic carbocycles. The van der Waals surface area contributed by atoms with E-state index >= 15 is 0 Å². The van der Waals surface area contributed by atoms with Crippen molar-refractivity contribution in [3.63, 3.8) is 0 Å². The van der Waals surface area contributed by atoms with E-state index in [9.17, 15) is 4.79 Å². The summed E-state index contributed by atoms with van der Waals surface area (Å²) < 4.78 is 2.05. The number of rotatable bonds is 4. The fourth-order valence-electron chi connectivity index (χ4n) is 2.80. The van der Waals surface area contributed by atoms with Crippen molar-refractivity contribution in [1.29, 1.82) is 0 Å². The van der Waals surface area contributed by atoms with Crippen molar-refractivity contribution in [2.45, 2.75) is 45.2 Å². The molecule has 1 aliphatic carbocycles. The minimum atomic E-state index is -0.0871. The summed E-state index contributed by atoms with van der Waals surface area (Å²) in [5, 5.41) is 7.47. The van der Waals surface area contributed by atoms with Gasteiger partial charge in [-0.05, 0) is 38.0 Å². The maximum Gasteiger partial charge on any atom is 0.251 e. The number of aryl methyl sites for hydroxylation is 1. The molecule has 0 bridgehead atoms. The molecule has 0 aliphatic heterocycles. The average molecular weight is 284 g/mol. The van der Waals surface area contributed by atoms with Gasteiger partial charge in [0.1, 0.15) is 0 Å². The molecule has 1 amide bonds. The number of aromatic nitrogens is 3. The van der Waals surface area contributed by atoms with Crippen LogP contribution in [0.5, 0.6) is 0 Å². The Morgan fingerprint density at radius 1 is 1.38 bits per heavy atom. The smallest absolute Gasteiger partial charge is 0.251 e. The first-order chi connectivity index (χ1) is 10.2. The molecule has 1 aliphatic rings. The van der Waals surface area contributed by atoms with Crippen LogP contribution in [0.25, 0.3) is 0 Å². The highest BCUT2D eigenvalue weighted by molar-refractivity contribution is 5.94. The number of nitrogens with one attached hydrogen (secondary N) is 1. The zero-order valence-corrected chi connectivity index (χ0v) is 12.2. The number of hydrogen-bond acceptors (Lipinski definition) is 3. The van der Waals surface area contributed by atoms with Gasteiger partial charge in [0.2, 0.25) is 0 Å². The molecule has 2 aromatic rings. The maximum absolute atomic E-state index is 12.1. The molecule has 1 N–H and O–H groups in total. The van der Waals surface area contributed by atoms with E-state index in [0.717, 1.165) is 11.4 Å². The molecule has 1 fully saturated rings. The summed E-state index contributed by atoms with van der Waals surface area (Å²) in [6, 6.07) is 6.03. The van der Waals surface area contributed by atoms with Crippen molar-refractivity contribution >= 4 is 5.91 Å². The lowest BCUT2D eigenvalue weighted by molar-refractivity contribution is 0.0950. The highest BCUT2D eigenvalue weighted by atomic mass is 16.1. The third kappa shape index (κ3) is 3.29. The molecule has 5 heteroatoms. The molecule has 1 saturated carbocycles. The van der Waals surface area contributed by atoms with Gasteiger partial charge in [-0.25, -0.2) is 0 Å². The second-order valence-corrected chi connectivity index (χ2v) is 5.59. The Hall–Kier alpha value is -2.17. The molecule has 0 radical (unpaired) electrons. The van der Waals surface area contributed by atoms with Crippen LogP contribution in [-0.2, 0) is 6.54 Å². The van der Waals surface area contributed by atoms with E-state index in [2.05, 4.69) is 15.4 Å². The van der Waals surface area contributed by atoms with Crippen molar-refractivity contribution in [2.75, 3.05) is 0 Å². The normalized spacial score (nSPS) is 15.3. The lowest BCUT2D eigenvalue weighted by Gasteiger charge is -2.09. The van der Waals surface area contributed by atoms with Crippen molar-refractivity contribution in [2.24, 2.45) is 0 Å². The summed E-state index contributed by atoms with van der Waals surface area (Å²) in [6.45, 7) is 2.33. The number of carbonyl (C=O) groups is 1. The molecule has 2 aromatic heterocycles. The summed E-state index contributed by atoms with van der Waals surface area (Å²) in [7, 11) is 0. The monoisotopic (exact) mass is 284 g/mol. The van der Waals surface area contributed by atoms with Gasteiger partial charge in [0.15, 0.2) is 0 Å². The quantitative estimate of drug-likeness (QED) is 0.939. The molecule has 0 spiro atoms. The Bertz CT molecular complexity index is 629. The Morgan fingerprint density at radius 2 is 2.19 bits per heavy atom. The zero-order chi connectivity index (χ0) is 14.7. The number of amides is 1. The topological polar surface area (TPSA) is 59.8 Å². The van der Waals surface area contributed by atoms with E-state index in [1.807, 2.05) is 23.9 Å². The Morgan fingerprint density at radius 3 is 2.95 bits per heavy atom. The van der Waals surface area contributed by atoms with Gasteiger partial charge in [-0.2, -0.15) is 5.10 Å². The predicted octanol–water partition coefficient (Wildman–Crippen LogP) is 2.63. The third-order valence-corrected chi connectivity index (χ3v) is 3.95. The van der Waals surface area contributed by atoms with Gasteiger partial charge in [-0.15, -0.1) is 0 Å². The summed E-state index contributed by atoms with van der Waals surface area (Å²) in [4.78, 5) is 16.2. The van der Waals surface area contributed by atoms with Crippen molar-refractivity contribution in [3.8, 4) is 0 Å². The van der Waals surface area contributed by atoms with Gasteiger partial charge in [0.05, 0.1) is 18.3 Å². The standard InChI is InChI=1S/C16H20N4O/c1-12-10-13(6-8-17-12)16(21)18-11-14-7-9-20(19-14)15-4-2-3-5-15/h6-10,15H,2-5,11H2,1H3,(H,18,21). The van der Waals surface area contributed by atoms with Crippen LogP contribution in [0.1, 0.15) is 53.5 Å². The first-order valence-electron chi connectivity index (χ1n) is 7.47. The number of carbonyl (C=O) groups excluding carboxylic acids is 1. The highest BCUT2D eigenvalue weighted by Crippen LogP contribution is 2.28. The largest absolute Gasteiger partial charge is 0.346 e. The number of pyridine rings is 1. The van der Waals surface area contributed by atoms with E-state index in [1.165, 1.54) is 25.7 Å². The van der Waals surface area contributed by atoms with Crippen LogP contribution in [0.15, 0.2) is 30.6 Å². The SMILES string of the molecule is Cc1cc(C(=O)NCc2ccn(C3CCCC3)n2)ccn1. The van der Waals surface area contributed by atoms with Crippen molar-refractivity contribution < 1.29 is 4.79 Å². The second-order valence-electron chi connectivity index (χ2n) is 5.59. The van der Waals surface area contributed by atoms with Gasteiger partial charge in [-0.1, -0.05) is 12.8 Å². The van der Waals surface area contributed by atoms with Gasteiger partial charge in [0.25, 0.3) is 5.91 Å². The number of nitrogens with zero attached hydrogens (tertiary/aromatic N) is 3. The summed E-state index contributed by atoms with van der Waals surface area (Å²) >= 11 is 0. The van der Waals surface area contributed by atoms with E-state index in [0.29, 0.717) is 18.2 Å². The molecular formula is C16H20N4O. The minimum absolute atomic E-state index is 0.0871. The minimum Gasteiger partial charge on any atom is -0.346 e. The van der Waals surface area contributed by atoms with Crippen LogP contribution in [0.4, 0.5) is 0 Å². The lowest BCUT2D eigenvalue weighted by Crippen LogP contribution is -2.23. The predicted molar refractivity (Wildman–Crippen MR) is 79.9 cm³/mol. The molecule has 0 unspecified atom stereocenters. The van der Waals surface area contributed by atoms with Crippen LogP contribution < -0.4 is 5.32 Å². The van der Waals surface area contributed by atoms with E-state index < -0.39 is 0 Å². The maximum atomic E-state index is 12.1. The zero-order valence-electron chi connectivity index (χ0n) is 12.2. The molecule has 5 nitrogen and oxygen atoms in total.